The minimum Gasteiger partial charge on any atom is -0.373 e. The number of alkyl halides is 3. The molecule has 5 nitrogen and oxygen atoms in total. The summed E-state index contributed by atoms with van der Waals surface area (Å²) < 4.78 is 40.8. The van der Waals surface area contributed by atoms with Crippen molar-refractivity contribution in [3.63, 3.8) is 0 Å². The van der Waals surface area contributed by atoms with E-state index in [1.807, 2.05) is 10.7 Å². The van der Waals surface area contributed by atoms with Crippen molar-refractivity contribution in [2.75, 3.05) is 6.54 Å². The summed E-state index contributed by atoms with van der Waals surface area (Å²) in [5, 5.41) is 18.7. The maximum atomic E-state index is 13.0. The van der Waals surface area contributed by atoms with Gasteiger partial charge in [-0.1, -0.05) is 29.8 Å². The Balaban J connectivity index is 1.51. The zero-order valence-electron chi connectivity index (χ0n) is 16.5. The van der Waals surface area contributed by atoms with Gasteiger partial charge in [-0.05, 0) is 37.0 Å². The van der Waals surface area contributed by atoms with Crippen LogP contribution in [0.2, 0.25) is 5.02 Å². The number of aliphatic hydroxyl groups excluding tert-OH is 1. The lowest BCUT2D eigenvalue weighted by Crippen LogP contribution is -2.40. The van der Waals surface area contributed by atoms with Crippen molar-refractivity contribution in [1.82, 2.24) is 15.1 Å². The SMILES string of the molecule is NC[C@H](Cc1cccc(C(F)(F)F)c1)NC(O)c1cc2c(s1)CCCn1ncc(Cl)c1-2. The molecular formula is C21H22ClF3N4OS. The molecule has 0 amide bonds. The van der Waals surface area contributed by atoms with Gasteiger partial charge in [0.2, 0.25) is 0 Å². The Morgan fingerprint density at radius 1 is 1.32 bits per heavy atom. The highest BCUT2D eigenvalue weighted by Crippen LogP contribution is 2.40. The lowest BCUT2D eigenvalue weighted by Gasteiger charge is -2.21. The number of aryl methyl sites for hydroxylation is 2. The molecule has 2 aromatic heterocycles. The molecule has 4 N–H and O–H groups in total. The van der Waals surface area contributed by atoms with E-state index in [4.69, 9.17) is 17.3 Å². The topological polar surface area (TPSA) is 76.1 Å². The summed E-state index contributed by atoms with van der Waals surface area (Å²) in [5.41, 5.74) is 7.45. The van der Waals surface area contributed by atoms with Gasteiger partial charge in [0.1, 0.15) is 6.23 Å². The molecule has 3 heterocycles. The third-order valence-electron chi connectivity index (χ3n) is 5.34. The van der Waals surface area contributed by atoms with E-state index >= 15 is 0 Å². The summed E-state index contributed by atoms with van der Waals surface area (Å²) in [7, 11) is 0. The number of thiophene rings is 1. The van der Waals surface area contributed by atoms with Gasteiger partial charge in [-0.3, -0.25) is 10.00 Å². The number of aliphatic hydroxyl groups is 1. The van der Waals surface area contributed by atoms with E-state index in [9.17, 15) is 18.3 Å². The number of rotatable bonds is 6. The number of nitrogens with two attached hydrogens (primary N) is 1. The number of aromatic nitrogens is 2. The lowest BCUT2D eigenvalue weighted by atomic mass is 10.0. The van der Waals surface area contributed by atoms with Gasteiger partial charge >= 0.3 is 6.18 Å². The Kier molecular flexibility index (Phi) is 6.41. The van der Waals surface area contributed by atoms with Gasteiger partial charge in [-0.2, -0.15) is 18.3 Å². The average Bonchev–Trinajstić information content (AvgIpc) is 3.26. The zero-order valence-corrected chi connectivity index (χ0v) is 18.1. The molecule has 0 fully saturated rings. The number of halogens is 4. The monoisotopic (exact) mass is 470 g/mol. The molecule has 10 heteroatoms. The van der Waals surface area contributed by atoms with Gasteiger partial charge < -0.3 is 10.8 Å². The van der Waals surface area contributed by atoms with Crippen molar-refractivity contribution in [3.8, 4) is 11.3 Å². The Labute approximate surface area is 186 Å². The van der Waals surface area contributed by atoms with Crippen molar-refractivity contribution in [1.29, 1.82) is 0 Å². The molecule has 0 saturated heterocycles. The number of nitrogens with zero attached hydrogens (tertiary/aromatic N) is 2. The highest BCUT2D eigenvalue weighted by atomic mass is 35.5. The van der Waals surface area contributed by atoms with E-state index in [0.717, 1.165) is 47.7 Å². The first-order chi connectivity index (χ1) is 14.8. The summed E-state index contributed by atoms with van der Waals surface area (Å²) in [4.78, 5) is 1.83. The smallest absolute Gasteiger partial charge is 0.373 e. The van der Waals surface area contributed by atoms with E-state index in [1.54, 1.807) is 12.3 Å². The Morgan fingerprint density at radius 3 is 2.87 bits per heavy atom. The van der Waals surface area contributed by atoms with E-state index in [2.05, 4.69) is 10.4 Å². The van der Waals surface area contributed by atoms with Crippen LogP contribution in [-0.2, 0) is 25.6 Å². The van der Waals surface area contributed by atoms with Gasteiger partial charge in [0, 0.05) is 34.4 Å². The van der Waals surface area contributed by atoms with E-state index in [0.29, 0.717) is 15.5 Å². The highest BCUT2D eigenvalue weighted by molar-refractivity contribution is 7.12. The Bertz CT molecular complexity index is 1070. The first-order valence-electron chi connectivity index (χ1n) is 9.91. The normalized spacial score (nSPS) is 15.8. The average molecular weight is 471 g/mol. The van der Waals surface area contributed by atoms with Crippen LogP contribution in [0.5, 0.6) is 0 Å². The van der Waals surface area contributed by atoms with Crippen LogP contribution in [0.3, 0.4) is 0 Å². The third kappa shape index (κ3) is 4.80. The quantitative estimate of drug-likeness (QED) is 0.467. The molecule has 1 aliphatic heterocycles. The molecule has 1 unspecified atom stereocenters. The van der Waals surface area contributed by atoms with E-state index in [1.165, 1.54) is 17.4 Å². The van der Waals surface area contributed by atoms with E-state index < -0.39 is 24.0 Å². The largest absolute Gasteiger partial charge is 0.416 e. The first-order valence-corrected chi connectivity index (χ1v) is 11.1. The van der Waals surface area contributed by atoms with Crippen molar-refractivity contribution >= 4 is 22.9 Å². The van der Waals surface area contributed by atoms with Crippen LogP contribution >= 0.6 is 22.9 Å². The number of fused-ring (bicyclic) bond motifs is 3. The van der Waals surface area contributed by atoms with Crippen molar-refractivity contribution < 1.29 is 18.3 Å². The molecule has 0 bridgehead atoms. The molecular weight excluding hydrogens is 449 g/mol. The minimum absolute atomic E-state index is 0.164. The molecule has 2 atom stereocenters. The van der Waals surface area contributed by atoms with Gasteiger partial charge in [-0.15, -0.1) is 11.3 Å². The molecule has 166 valence electrons. The molecule has 0 spiro atoms. The van der Waals surface area contributed by atoms with Gasteiger partial charge in [0.25, 0.3) is 0 Å². The number of hydrogen-bond donors (Lipinski definition) is 3. The van der Waals surface area contributed by atoms with Crippen LogP contribution in [0.1, 0.15) is 33.5 Å². The second kappa shape index (κ2) is 8.91. The summed E-state index contributed by atoms with van der Waals surface area (Å²) in [6.07, 6.45) is -1.73. The maximum Gasteiger partial charge on any atom is 0.416 e. The summed E-state index contributed by atoms with van der Waals surface area (Å²) in [6.45, 7) is 0.947. The van der Waals surface area contributed by atoms with Crippen LogP contribution in [0.15, 0.2) is 36.5 Å². The fourth-order valence-electron chi connectivity index (χ4n) is 3.83. The van der Waals surface area contributed by atoms with Crippen molar-refractivity contribution in [2.45, 2.75) is 44.3 Å². The molecule has 0 aliphatic carbocycles. The molecule has 0 saturated carbocycles. The predicted molar refractivity (Wildman–Crippen MR) is 115 cm³/mol. The fraction of sp³-hybridized carbons (Fsp3) is 0.381. The second-order valence-corrected chi connectivity index (χ2v) is 9.13. The van der Waals surface area contributed by atoms with Gasteiger partial charge in [0.05, 0.1) is 22.5 Å². The second-order valence-electron chi connectivity index (χ2n) is 7.56. The van der Waals surface area contributed by atoms with Crippen LogP contribution in [-0.4, -0.2) is 27.5 Å². The highest BCUT2D eigenvalue weighted by Gasteiger charge is 2.30. The number of hydrogen-bond acceptors (Lipinski definition) is 5. The van der Waals surface area contributed by atoms with Gasteiger partial charge in [0.15, 0.2) is 0 Å². The zero-order chi connectivity index (χ0) is 22.2. The number of benzene rings is 1. The van der Waals surface area contributed by atoms with E-state index in [-0.39, 0.29) is 13.0 Å². The molecule has 0 radical (unpaired) electrons. The fourth-order valence-corrected chi connectivity index (χ4v) is 5.23. The lowest BCUT2D eigenvalue weighted by molar-refractivity contribution is -0.137. The molecule has 31 heavy (non-hydrogen) atoms. The Morgan fingerprint density at radius 2 is 2.13 bits per heavy atom. The molecule has 3 aromatic rings. The summed E-state index contributed by atoms with van der Waals surface area (Å²) in [5.74, 6) is 0. The summed E-state index contributed by atoms with van der Waals surface area (Å²) >= 11 is 7.83. The van der Waals surface area contributed by atoms with Crippen molar-refractivity contribution in [2.24, 2.45) is 5.73 Å². The van der Waals surface area contributed by atoms with Crippen LogP contribution < -0.4 is 11.1 Å². The molecule has 4 rings (SSSR count). The predicted octanol–water partition coefficient (Wildman–Crippen LogP) is 4.38. The minimum atomic E-state index is -4.40. The van der Waals surface area contributed by atoms with Crippen LogP contribution in [0, 0.1) is 0 Å². The maximum absolute atomic E-state index is 13.0. The molecule has 1 aliphatic rings. The summed E-state index contributed by atoms with van der Waals surface area (Å²) in [6, 6.07) is 6.67. The standard InChI is InChI=1S/C21H22ClF3N4OS/c22-16-11-27-29-6-2-5-17-15(19(16)29)9-18(31-17)20(30)28-14(10-26)8-12-3-1-4-13(7-12)21(23,24)25/h1,3-4,7,9,11,14,20,28,30H,2,5-6,8,10,26H2/t14-,20?/m0/s1. The van der Waals surface area contributed by atoms with Crippen molar-refractivity contribution in [3.05, 3.63) is 62.4 Å². The number of nitrogens with one attached hydrogen (secondary N) is 1. The van der Waals surface area contributed by atoms with Crippen LogP contribution in [0.4, 0.5) is 13.2 Å². The third-order valence-corrected chi connectivity index (χ3v) is 6.86. The molecule has 1 aromatic carbocycles. The van der Waals surface area contributed by atoms with Crippen LogP contribution in [0.25, 0.3) is 11.3 Å². The van der Waals surface area contributed by atoms with Gasteiger partial charge in [-0.25, -0.2) is 0 Å². The first kappa shape index (κ1) is 22.3. The Hall–Kier alpha value is -1.91.